The van der Waals surface area contributed by atoms with Gasteiger partial charge in [-0.3, -0.25) is 5.32 Å². The molecule has 0 radical (unpaired) electrons. The molecule has 1 fully saturated rings. The summed E-state index contributed by atoms with van der Waals surface area (Å²) in [7, 11) is 0. The molecule has 2 amide bonds. The average Bonchev–Trinajstić information content (AvgIpc) is 3.18. The van der Waals surface area contributed by atoms with Crippen LogP contribution in [0.2, 0.25) is 0 Å². The maximum atomic E-state index is 12.5. The lowest BCUT2D eigenvalue weighted by molar-refractivity contribution is -0.157. The second-order valence-electron chi connectivity index (χ2n) is 5.14. The van der Waals surface area contributed by atoms with Crippen LogP contribution in [0.15, 0.2) is 21.9 Å². The summed E-state index contributed by atoms with van der Waals surface area (Å²) in [6.45, 7) is 0.782. The van der Waals surface area contributed by atoms with Crippen molar-refractivity contribution in [3.63, 3.8) is 0 Å². The molecule has 1 aliphatic heterocycles. The lowest BCUT2D eigenvalue weighted by Gasteiger charge is -2.30. The molecular formula is C13H13F3N4O2S. The number of likely N-dealkylation sites (tertiary alicyclic amines) is 1. The number of aromatic nitrogens is 2. The largest absolute Gasteiger partial charge is 0.470 e. The molecule has 0 aliphatic carbocycles. The Hall–Kier alpha value is -2.10. The summed E-state index contributed by atoms with van der Waals surface area (Å²) in [5.74, 6) is -1.82. The maximum absolute atomic E-state index is 12.5. The third kappa shape index (κ3) is 3.63. The Morgan fingerprint density at radius 2 is 2.26 bits per heavy atom. The van der Waals surface area contributed by atoms with Crippen molar-refractivity contribution in [2.24, 2.45) is 0 Å². The zero-order chi connectivity index (χ0) is 16.4. The molecule has 10 heteroatoms. The molecule has 1 N–H and O–H groups in total. The number of carbonyl (C=O) groups is 1. The number of amides is 2. The fourth-order valence-electron chi connectivity index (χ4n) is 2.41. The Morgan fingerprint density at radius 1 is 1.43 bits per heavy atom. The van der Waals surface area contributed by atoms with Gasteiger partial charge in [0.2, 0.25) is 5.89 Å². The Bertz CT molecular complexity index is 671. The number of rotatable bonds is 2. The number of halogens is 3. The SMILES string of the molecule is O=C(Nc1cccs1)N1CCC[C@@H](c2nnc(C(F)(F)F)o2)C1. The van der Waals surface area contributed by atoms with Crippen molar-refractivity contribution in [3.8, 4) is 0 Å². The van der Waals surface area contributed by atoms with Crippen LogP contribution in [-0.4, -0.2) is 34.2 Å². The van der Waals surface area contributed by atoms with Crippen LogP contribution in [-0.2, 0) is 6.18 Å². The Kier molecular flexibility index (Phi) is 4.24. The number of alkyl halides is 3. The van der Waals surface area contributed by atoms with E-state index in [0.717, 1.165) is 0 Å². The van der Waals surface area contributed by atoms with Gasteiger partial charge in [0.1, 0.15) is 0 Å². The molecular weight excluding hydrogens is 333 g/mol. The Labute approximate surface area is 133 Å². The van der Waals surface area contributed by atoms with Crippen molar-refractivity contribution >= 4 is 22.4 Å². The first-order valence-electron chi connectivity index (χ1n) is 6.93. The van der Waals surface area contributed by atoms with Gasteiger partial charge in [0.25, 0.3) is 0 Å². The van der Waals surface area contributed by atoms with Gasteiger partial charge in [0, 0.05) is 13.1 Å². The van der Waals surface area contributed by atoms with Gasteiger partial charge in [0.15, 0.2) is 0 Å². The number of carbonyl (C=O) groups excluding carboxylic acids is 1. The predicted molar refractivity (Wildman–Crippen MR) is 76.2 cm³/mol. The number of thiophene rings is 1. The molecule has 6 nitrogen and oxygen atoms in total. The number of urea groups is 1. The zero-order valence-electron chi connectivity index (χ0n) is 11.8. The van der Waals surface area contributed by atoms with E-state index in [2.05, 4.69) is 15.5 Å². The van der Waals surface area contributed by atoms with E-state index in [1.54, 1.807) is 11.0 Å². The van der Waals surface area contributed by atoms with Crippen molar-refractivity contribution < 1.29 is 22.4 Å². The second-order valence-corrected chi connectivity index (χ2v) is 6.08. The summed E-state index contributed by atoms with van der Waals surface area (Å²) in [5.41, 5.74) is 0. The monoisotopic (exact) mass is 346 g/mol. The highest BCUT2D eigenvalue weighted by Crippen LogP contribution is 2.32. The standard InChI is InChI=1S/C13H13F3N4O2S/c14-13(15,16)11-19-18-10(22-11)8-3-1-5-20(7-8)12(21)17-9-4-2-6-23-9/h2,4,6,8H,1,3,5,7H2,(H,17,21)/t8-/m1/s1. The summed E-state index contributed by atoms with van der Waals surface area (Å²) >= 11 is 1.39. The summed E-state index contributed by atoms with van der Waals surface area (Å²) in [4.78, 5) is 13.7. The van der Waals surface area contributed by atoms with Gasteiger partial charge in [0.05, 0.1) is 10.9 Å². The van der Waals surface area contributed by atoms with Crippen LogP contribution in [0.4, 0.5) is 23.0 Å². The third-order valence-electron chi connectivity index (χ3n) is 3.49. The molecule has 1 atom stereocenters. The van der Waals surface area contributed by atoms with E-state index in [-0.39, 0.29) is 24.4 Å². The van der Waals surface area contributed by atoms with Gasteiger partial charge in [-0.15, -0.1) is 21.5 Å². The molecule has 2 aromatic heterocycles. The molecule has 1 aliphatic rings. The summed E-state index contributed by atoms with van der Waals surface area (Å²) in [5, 5.41) is 11.8. The van der Waals surface area contributed by atoms with E-state index in [0.29, 0.717) is 24.4 Å². The maximum Gasteiger partial charge on any atom is 0.470 e. The first-order valence-corrected chi connectivity index (χ1v) is 7.81. The molecule has 0 spiro atoms. The molecule has 1 saturated heterocycles. The predicted octanol–water partition coefficient (Wildman–Crippen LogP) is 3.56. The first-order chi connectivity index (χ1) is 10.9. The van der Waals surface area contributed by atoms with Gasteiger partial charge in [-0.2, -0.15) is 13.2 Å². The number of hydrogen-bond donors (Lipinski definition) is 1. The molecule has 3 heterocycles. The number of piperidine rings is 1. The van der Waals surface area contributed by atoms with Crippen molar-refractivity contribution in [2.45, 2.75) is 24.9 Å². The van der Waals surface area contributed by atoms with E-state index in [9.17, 15) is 18.0 Å². The Balaban J connectivity index is 1.66. The third-order valence-corrected chi connectivity index (χ3v) is 4.28. The molecule has 0 bridgehead atoms. The molecule has 124 valence electrons. The Morgan fingerprint density at radius 3 is 2.91 bits per heavy atom. The highest BCUT2D eigenvalue weighted by atomic mass is 32.1. The smallest absolute Gasteiger partial charge is 0.417 e. The van der Waals surface area contributed by atoms with E-state index in [4.69, 9.17) is 4.42 Å². The van der Waals surface area contributed by atoms with Crippen LogP contribution >= 0.6 is 11.3 Å². The minimum absolute atomic E-state index is 0.0778. The molecule has 2 aromatic rings. The van der Waals surface area contributed by atoms with E-state index < -0.39 is 12.1 Å². The highest BCUT2D eigenvalue weighted by molar-refractivity contribution is 7.14. The van der Waals surface area contributed by atoms with Crippen LogP contribution in [0.5, 0.6) is 0 Å². The summed E-state index contributed by atoms with van der Waals surface area (Å²) in [6.07, 6.45) is -3.40. The van der Waals surface area contributed by atoms with Crippen molar-refractivity contribution in [2.75, 3.05) is 18.4 Å². The van der Waals surface area contributed by atoms with E-state index >= 15 is 0 Å². The summed E-state index contributed by atoms with van der Waals surface area (Å²) in [6, 6.07) is 3.31. The van der Waals surface area contributed by atoms with Crippen LogP contribution in [0.1, 0.15) is 30.5 Å². The minimum Gasteiger partial charge on any atom is -0.417 e. The molecule has 3 rings (SSSR count). The minimum atomic E-state index is -4.66. The van der Waals surface area contributed by atoms with Crippen molar-refractivity contribution in [1.82, 2.24) is 15.1 Å². The fourth-order valence-corrected chi connectivity index (χ4v) is 3.02. The van der Waals surface area contributed by atoms with Gasteiger partial charge in [-0.25, -0.2) is 4.79 Å². The summed E-state index contributed by atoms with van der Waals surface area (Å²) < 4.78 is 42.3. The number of anilines is 1. The quantitative estimate of drug-likeness (QED) is 0.902. The normalized spacial score (nSPS) is 18.9. The highest BCUT2D eigenvalue weighted by Gasteiger charge is 2.39. The number of nitrogens with zero attached hydrogens (tertiary/aromatic N) is 3. The van der Waals surface area contributed by atoms with Crippen LogP contribution in [0.3, 0.4) is 0 Å². The molecule has 0 unspecified atom stereocenters. The van der Waals surface area contributed by atoms with Crippen molar-refractivity contribution in [1.29, 1.82) is 0 Å². The van der Waals surface area contributed by atoms with E-state index in [1.165, 1.54) is 11.3 Å². The van der Waals surface area contributed by atoms with Gasteiger partial charge in [-0.05, 0) is 30.4 Å². The van der Waals surface area contributed by atoms with Gasteiger partial charge >= 0.3 is 18.1 Å². The van der Waals surface area contributed by atoms with E-state index in [1.807, 2.05) is 11.4 Å². The topological polar surface area (TPSA) is 71.3 Å². The molecule has 0 saturated carbocycles. The lowest BCUT2D eigenvalue weighted by Crippen LogP contribution is -2.41. The zero-order valence-corrected chi connectivity index (χ0v) is 12.7. The van der Waals surface area contributed by atoms with Crippen LogP contribution < -0.4 is 5.32 Å². The number of nitrogens with one attached hydrogen (secondary N) is 1. The van der Waals surface area contributed by atoms with Gasteiger partial charge < -0.3 is 9.32 Å². The average molecular weight is 346 g/mol. The molecule has 0 aromatic carbocycles. The first kappa shape index (κ1) is 15.8. The molecule has 23 heavy (non-hydrogen) atoms. The number of hydrogen-bond acceptors (Lipinski definition) is 5. The van der Waals surface area contributed by atoms with Crippen LogP contribution in [0, 0.1) is 0 Å². The second kappa shape index (κ2) is 6.19. The van der Waals surface area contributed by atoms with Crippen molar-refractivity contribution in [3.05, 3.63) is 29.3 Å². The lowest BCUT2D eigenvalue weighted by atomic mass is 9.98. The fraction of sp³-hybridized carbons (Fsp3) is 0.462. The van der Waals surface area contributed by atoms with Gasteiger partial charge in [-0.1, -0.05) is 0 Å². The van der Waals surface area contributed by atoms with Crippen LogP contribution in [0.25, 0.3) is 0 Å².